The van der Waals surface area contributed by atoms with Gasteiger partial charge in [-0.15, -0.1) is 0 Å². The highest BCUT2D eigenvalue weighted by molar-refractivity contribution is 14.1. The molecule has 1 fully saturated rings. The molecule has 0 spiro atoms. The van der Waals surface area contributed by atoms with E-state index in [-0.39, 0.29) is 0 Å². The van der Waals surface area contributed by atoms with Crippen molar-refractivity contribution >= 4 is 28.4 Å². The zero-order valence-electron chi connectivity index (χ0n) is 9.99. The van der Waals surface area contributed by atoms with Gasteiger partial charge in [0.05, 0.1) is 22.5 Å². The summed E-state index contributed by atoms with van der Waals surface area (Å²) in [7, 11) is 3.55. The fourth-order valence-electron chi connectivity index (χ4n) is 1.83. The van der Waals surface area contributed by atoms with E-state index >= 15 is 0 Å². The maximum absolute atomic E-state index is 5.38. The quantitative estimate of drug-likeness (QED) is 0.840. The molecule has 6 heteroatoms. The standard InChI is InChI=1S/C11H16IN3O2/c1-13-11-9(12)8(6-16-2)14-10(15-11)7-3-4-17-5-7/h7H,3-6H2,1-2H3,(H,13,14,15). The van der Waals surface area contributed by atoms with Crippen LogP contribution in [-0.4, -0.2) is 37.3 Å². The number of anilines is 1. The highest BCUT2D eigenvalue weighted by Gasteiger charge is 2.23. The van der Waals surface area contributed by atoms with E-state index in [9.17, 15) is 0 Å². The number of nitrogens with one attached hydrogen (secondary N) is 1. The van der Waals surface area contributed by atoms with Gasteiger partial charge in [-0.05, 0) is 29.0 Å². The van der Waals surface area contributed by atoms with Crippen LogP contribution in [0.1, 0.15) is 23.9 Å². The SMILES string of the molecule is CNc1nc(C2CCOC2)nc(COC)c1I. The maximum Gasteiger partial charge on any atom is 0.143 e. The number of rotatable bonds is 4. The van der Waals surface area contributed by atoms with Gasteiger partial charge in [-0.2, -0.15) is 0 Å². The van der Waals surface area contributed by atoms with Crippen LogP contribution in [-0.2, 0) is 16.1 Å². The summed E-state index contributed by atoms with van der Waals surface area (Å²) in [6.07, 6.45) is 0.996. The summed E-state index contributed by atoms with van der Waals surface area (Å²) < 4.78 is 11.6. The predicted octanol–water partition coefficient (Wildman–Crippen LogP) is 1.77. The van der Waals surface area contributed by atoms with Crippen LogP contribution in [0.4, 0.5) is 5.82 Å². The minimum absolute atomic E-state index is 0.315. The Morgan fingerprint density at radius 3 is 2.94 bits per heavy atom. The summed E-state index contributed by atoms with van der Waals surface area (Å²) in [5.41, 5.74) is 0.939. The molecule has 0 aromatic carbocycles. The number of hydrogen-bond donors (Lipinski definition) is 1. The maximum atomic E-state index is 5.38. The van der Waals surface area contributed by atoms with Crippen molar-refractivity contribution in [1.29, 1.82) is 0 Å². The van der Waals surface area contributed by atoms with Gasteiger partial charge in [-0.3, -0.25) is 0 Å². The molecule has 0 saturated carbocycles. The zero-order chi connectivity index (χ0) is 12.3. The molecule has 1 saturated heterocycles. The number of ether oxygens (including phenoxy) is 2. The van der Waals surface area contributed by atoms with Crippen LogP contribution in [0, 0.1) is 3.57 Å². The lowest BCUT2D eigenvalue weighted by Crippen LogP contribution is -2.12. The molecule has 1 N–H and O–H groups in total. The van der Waals surface area contributed by atoms with Gasteiger partial charge in [0.1, 0.15) is 11.6 Å². The third-order valence-electron chi connectivity index (χ3n) is 2.75. The normalized spacial score (nSPS) is 19.6. The van der Waals surface area contributed by atoms with Crippen LogP contribution in [0.2, 0.25) is 0 Å². The number of nitrogens with zero attached hydrogens (tertiary/aromatic N) is 2. The van der Waals surface area contributed by atoms with Crippen LogP contribution in [0.25, 0.3) is 0 Å². The molecular formula is C11H16IN3O2. The second-order valence-corrected chi connectivity index (χ2v) is 5.01. The molecule has 1 atom stereocenters. The second-order valence-electron chi connectivity index (χ2n) is 3.93. The molecule has 5 nitrogen and oxygen atoms in total. The van der Waals surface area contributed by atoms with Gasteiger partial charge in [0.15, 0.2) is 0 Å². The van der Waals surface area contributed by atoms with Crippen molar-refractivity contribution < 1.29 is 9.47 Å². The third-order valence-corrected chi connectivity index (χ3v) is 3.88. The Morgan fingerprint density at radius 2 is 2.35 bits per heavy atom. The van der Waals surface area contributed by atoms with Gasteiger partial charge in [-0.1, -0.05) is 0 Å². The average molecular weight is 349 g/mol. The summed E-state index contributed by atoms with van der Waals surface area (Å²) in [5.74, 6) is 2.04. The average Bonchev–Trinajstić information content (AvgIpc) is 2.85. The molecular weight excluding hydrogens is 333 g/mol. The number of hydrogen-bond acceptors (Lipinski definition) is 5. The van der Waals surface area contributed by atoms with Crippen LogP contribution in [0.5, 0.6) is 0 Å². The number of aromatic nitrogens is 2. The number of halogens is 1. The van der Waals surface area contributed by atoms with Crippen molar-refractivity contribution in [3.8, 4) is 0 Å². The van der Waals surface area contributed by atoms with E-state index in [1.165, 1.54) is 0 Å². The van der Waals surface area contributed by atoms with Gasteiger partial charge in [0.25, 0.3) is 0 Å². The Morgan fingerprint density at radius 1 is 1.53 bits per heavy atom. The number of methoxy groups -OCH3 is 1. The molecule has 1 unspecified atom stereocenters. The van der Waals surface area contributed by atoms with E-state index in [1.54, 1.807) is 7.11 Å². The summed E-state index contributed by atoms with van der Waals surface area (Å²) in [6, 6.07) is 0. The fraction of sp³-hybridized carbons (Fsp3) is 0.636. The molecule has 94 valence electrons. The molecule has 1 aromatic heterocycles. The Balaban J connectivity index is 2.35. The molecule has 1 aliphatic rings. The molecule has 2 heterocycles. The molecule has 0 radical (unpaired) electrons. The minimum atomic E-state index is 0.315. The van der Waals surface area contributed by atoms with Crippen molar-refractivity contribution in [1.82, 2.24) is 9.97 Å². The lowest BCUT2D eigenvalue weighted by Gasteiger charge is -2.13. The Hall–Kier alpha value is -0.470. The Bertz CT molecular complexity index is 395. The van der Waals surface area contributed by atoms with E-state index in [4.69, 9.17) is 9.47 Å². The van der Waals surface area contributed by atoms with Crippen molar-refractivity contribution in [3.05, 3.63) is 15.1 Å². The van der Waals surface area contributed by atoms with Gasteiger partial charge < -0.3 is 14.8 Å². The Kier molecular flexibility index (Phi) is 4.52. The summed E-state index contributed by atoms with van der Waals surface area (Å²) in [5, 5.41) is 3.10. The van der Waals surface area contributed by atoms with E-state index < -0.39 is 0 Å². The summed E-state index contributed by atoms with van der Waals surface area (Å²) in [6.45, 7) is 2.03. The van der Waals surface area contributed by atoms with Crippen molar-refractivity contribution in [2.24, 2.45) is 0 Å². The summed E-state index contributed by atoms with van der Waals surface area (Å²) in [4.78, 5) is 9.14. The first-order valence-corrected chi connectivity index (χ1v) is 6.65. The first-order chi connectivity index (χ1) is 8.26. The van der Waals surface area contributed by atoms with E-state index in [0.29, 0.717) is 12.5 Å². The molecule has 17 heavy (non-hydrogen) atoms. The highest BCUT2D eigenvalue weighted by Crippen LogP contribution is 2.26. The molecule has 1 aromatic rings. The molecule has 0 aliphatic carbocycles. The van der Waals surface area contributed by atoms with Crippen molar-refractivity contribution in [2.75, 3.05) is 32.7 Å². The van der Waals surface area contributed by atoms with Gasteiger partial charge >= 0.3 is 0 Å². The fourth-order valence-corrected chi connectivity index (χ4v) is 2.50. The molecule has 0 bridgehead atoms. The molecule has 0 amide bonds. The largest absolute Gasteiger partial charge is 0.381 e. The molecule has 2 rings (SSSR count). The van der Waals surface area contributed by atoms with Crippen LogP contribution >= 0.6 is 22.6 Å². The smallest absolute Gasteiger partial charge is 0.143 e. The van der Waals surface area contributed by atoms with E-state index in [1.807, 2.05) is 7.05 Å². The minimum Gasteiger partial charge on any atom is -0.381 e. The lowest BCUT2D eigenvalue weighted by atomic mass is 10.1. The summed E-state index contributed by atoms with van der Waals surface area (Å²) >= 11 is 2.25. The molecule has 1 aliphatic heterocycles. The third kappa shape index (κ3) is 2.86. The van der Waals surface area contributed by atoms with Gasteiger partial charge in [-0.25, -0.2) is 9.97 Å². The first kappa shape index (κ1) is 13.0. The van der Waals surface area contributed by atoms with Crippen LogP contribution < -0.4 is 5.32 Å². The Labute approximate surface area is 114 Å². The van der Waals surface area contributed by atoms with Crippen LogP contribution in [0.3, 0.4) is 0 Å². The predicted molar refractivity (Wildman–Crippen MR) is 73.2 cm³/mol. The monoisotopic (exact) mass is 349 g/mol. The van der Waals surface area contributed by atoms with E-state index in [2.05, 4.69) is 37.9 Å². The topological polar surface area (TPSA) is 56.3 Å². The highest BCUT2D eigenvalue weighted by atomic mass is 127. The van der Waals surface area contributed by atoms with E-state index in [0.717, 1.165) is 40.5 Å². The lowest BCUT2D eigenvalue weighted by molar-refractivity contribution is 0.179. The first-order valence-electron chi connectivity index (χ1n) is 5.57. The van der Waals surface area contributed by atoms with Gasteiger partial charge in [0.2, 0.25) is 0 Å². The van der Waals surface area contributed by atoms with Crippen LogP contribution in [0.15, 0.2) is 0 Å². The zero-order valence-corrected chi connectivity index (χ0v) is 12.2. The second kappa shape index (κ2) is 5.92. The van der Waals surface area contributed by atoms with Crippen molar-refractivity contribution in [2.45, 2.75) is 18.9 Å². The van der Waals surface area contributed by atoms with Crippen molar-refractivity contribution in [3.63, 3.8) is 0 Å². The van der Waals surface area contributed by atoms with Gasteiger partial charge in [0, 0.05) is 26.7 Å².